The van der Waals surface area contributed by atoms with Crippen molar-refractivity contribution in [2.45, 2.75) is 44.0 Å². The van der Waals surface area contributed by atoms with Gasteiger partial charge in [-0.05, 0) is 12.1 Å². The molecule has 0 saturated heterocycles. The molecule has 0 atom stereocenters. The van der Waals surface area contributed by atoms with Gasteiger partial charge in [-0.25, -0.2) is 9.78 Å². The van der Waals surface area contributed by atoms with Gasteiger partial charge in [0.05, 0.1) is 42.5 Å². The Hall–Kier alpha value is -3.39. The van der Waals surface area contributed by atoms with Crippen LogP contribution >= 0.6 is 0 Å². The number of ether oxygens (including phenoxy) is 3. The number of nitrogens with zero attached hydrogens (tertiary/aromatic N) is 2. The molecular weight excluding hydrogens is 512 g/mol. The van der Waals surface area contributed by atoms with Crippen LogP contribution in [0, 0.1) is 0 Å². The van der Waals surface area contributed by atoms with Crippen LogP contribution in [0.3, 0.4) is 0 Å². The van der Waals surface area contributed by atoms with Crippen LogP contribution in [-0.2, 0) is 25.2 Å². The predicted octanol–water partition coefficient (Wildman–Crippen LogP) is 4.42. The molecule has 1 saturated carbocycles. The highest BCUT2D eigenvalue weighted by molar-refractivity contribution is 5.97. The van der Waals surface area contributed by atoms with Crippen LogP contribution in [0.25, 0.3) is 17.0 Å². The van der Waals surface area contributed by atoms with E-state index in [0.717, 1.165) is 19.2 Å². The summed E-state index contributed by atoms with van der Waals surface area (Å²) in [7, 11) is 1.05. The second kappa shape index (κ2) is 11.3. The molecule has 0 unspecified atom stereocenters. The molecule has 3 rings (SSSR count). The highest BCUT2D eigenvalue weighted by Gasteiger charge is 2.40. The Balaban J connectivity index is 1.49. The number of amides is 1. The van der Waals surface area contributed by atoms with Crippen LogP contribution in [0.5, 0.6) is 0 Å². The zero-order valence-corrected chi connectivity index (χ0v) is 19.5. The zero-order chi connectivity index (χ0) is 27.4. The molecule has 0 radical (unpaired) electrons. The molecular formula is C23H23F6N3O5. The van der Waals surface area contributed by atoms with Crippen molar-refractivity contribution in [3.63, 3.8) is 0 Å². The van der Waals surface area contributed by atoms with E-state index >= 15 is 0 Å². The van der Waals surface area contributed by atoms with Crippen molar-refractivity contribution in [1.82, 2.24) is 14.9 Å². The molecule has 37 heavy (non-hydrogen) atoms. The Bertz CT molecular complexity index is 1140. The van der Waals surface area contributed by atoms with Gasteiger partial charge in [-0.1, -0.05) is 12.6 Å². The van der Waals surface area contributed by atoms with E-state index in [1.807, 2.05) is 0 Å². The number of rotatable bonds is 10. The molecule has 1 aromatic heterocycles. The van der Waals surface area contributed by atoms with Gasteiger partial charge < -0.3 is 19.4 Å². The maximum Gasteiger partial charge on any atom is 0.522 e. The van der Waals surface area contributed by atoms with Gasteiger partial charge in [0, 0.05) is 43.3 Å². The summed E-state index contributed by atoms with van der Waals surface area (Å²) in [6.07, 6.45) is -7.62. The summed E-state index contributed by atoms with van der Waals surface area (Å²) in [5.41, 5.74) is -0.482. The number of hydrogen-bond donors (Lipinski definition) is 1. The fraction of sp³-hybridized carbons (Fsp3) is 0.435. The van der Waals surface area contributed by atoms with E-state index in [2.05, 4.69) is 26.4 Å². The number of aromatic nitrogens is 2. The lowest BCUT2D eigenvalue weighted by Gasteiger charge is -2.34. The van der Waals surface area contributed by atoms with Crippen LogP contribution in [0.1, 0.15) is 35.2 Å². The minimum absolute atomic E-state index is 0.0448. The Morgan fingerprint density at radius 3 is 2.49 bits per heavy atom. The summed E-state index contributed by atoms with van der Waals surface area (Å²) in [5.74, 6) is -1.42. The van der Waals surface area contributed by atoms with Crippen LogP contribution < -0.4 is 5.32 Å². The van der Waals surface area contributed by atoms with Crippen LogP contribution in [-0.4, -0.2) is 60.3 Å². The van der Waals surface area contributed by atoms with Crippen molar-refractivity contribution in [2.75, 3.05) is 20.3 Å². The minimum Gasteiger partial charge on any atom is -0.465 e. The average Bonchev–Trinajstić information content (AvgIpc) is 3.28. The Kier molecular flexibility index (Phi) is 8.64. The quantitative estimate of drug-likeness (QED) is 0.358. The highest BCUT2D eigenvalue weighted by atomic mass is 19.4. The van der Waals surface area contributed by atoms with Gasteiger partial charge in [0.25, 0.3) is 0 Å². The Labute approximate surface area is 207 Å². The van der Waals surface area contributed by atoms with Crippen molar-refractivity contribution in [2.24, 2.45) is 0 Å². The van der Waals surface area contributed by atoms with E-state index < -0.39 is 42.2 Å². The number of methoxy groups -OCH3 is 1. The van der Waals surface area contributed by atoms with E-state index in [-0.39, 0.29) is 49.2 Å². The maximum absolute atomic E-state index is 13.1. The normalized spacial score (nSPS) is 17.7. The summed E-state index contributed by atoms with van der Waals surface area (Å²) in [6.45, 7) is 3.71. The maximum atomic E-state index is 13.1. The highest BCUT2D eigenvalue weighted by Crippen LogP contribution is 2.34. The molecule has 1 aromatic carbocycles. The second-order valence-corrected chi connectivity index (χ2v) is 8.17. The molecule has 0 aliphatic heterocycles. The number of hydrogen-bond acceptors (Lipinski definition) is 6. The van der Waals surface area contributed by atoms with Gasteiger partial charge in [0.1, 0.15) is 6.61 Å². The van der Waals surface area contributed by atoms with E-state index in [1.165, 1.54) is 17.1 Å². The summed E-state index contributed by atoms with van der Waals surface area (Å²) >= 11 is 0. The lowest BCUT2D eigenvalue weighted by Crippen LogP contribution is -2.42. The predicted molar refractivity (Wildman–Crippen MR) is 117 cm³/mol. The van der Waals surface area contributed by atoms with Gasteiger partial charge in [-0.2, -0.15) is 13.2 Å². The third-order valence-corrected chi connectivity index (χ3v) is 5.51. The van der Waals surface area contributed by atoms with Crippen molar-refractivity contribution in [3.8, 4) is 11.3 Å². The monoisotopic (exact) mass is 535 g/mol. The number of halogens is 6. The molecule has 8 nitrogen and oxygen atoms in total. The molecule has 1 amide bonds. The summed E-state index contributed by atoms with van der Waals surface area (Å²) in [5, 5.41) is 2.59. The molecule has 14 heteroatoms. The van der Waals surface area contributed by atoms with Crippen LogP contribution in [0.4, 0.5) is 26.3 Å². The second-order valence-electron chi connectivity index (χ2n) is 8.17. The first-order chi connectivity index (χ1) is 17.3. The Morgan fingerprint density at radius 1 is 1.16 bits per heavy atom. The SMILES string of the molecule is C=C(CCNC(=O)COC1CC(OC(F)(F)F)C1)n1cnc(-c2ccc(C(F)(F)F)cc2C(=O)OC)c1. The average molecular weight is 535 g/mol. The molecule has 1 aliphatic carbocycles. The fourth-order valence-electron chi connectivity index (χ4n) is 3.52. The van der Waals surface area contributed by atoms with Crippen molar-refractivity contribution >= 4 is 17.6 Å². The summed E-state index contributed by atoms with van der Waals surface area (Å²) in [6, 6.07) is 2.66. The number of esters is 1. The van der Waals surface area contributed by atoms with E-state index in [9.17, 15) is 35.9 Å². The number of nitrogens with one attached hydrogen (secondary N) is 1. The van der Waals surface area contributed by atoms with E-state index in [1.54, 1.807) is 0 Å². The standard InChI is InChI=1S/C23H23F6N3O5/c1-13(5-6-30-20(33)11-36-15-8-16(9-15)37-23(27,28)29)32-10-19(31-12-32)17-4-3-14(22(24,25)26)7-18(17)21(34)35-2/h3-4,7,10,12,15-16H,1,5-6,8-9,11H2,2H3,(H,30,33). The molecule has 1 heterocycles. The van der Waals surface area contributed by atoms with Gasteiger partial charge in [-0.15, -0.1) is 13.2 Å². The third-order valence-electron chi connectivity index (χ3n) is 5.51. The first-order valence-corrected chi connectivity index (χ1v) is 10.9. The first kappa shape index (κ1) is 28.2. The molecule has 0 bridgehead atoms. The largest absolute Gasteiger partial charge is 0.522 e. The molecule has 1 aliphatic rings. The number of benzene rings is 1. The molecule has 2 aromatic rings. The topological polar surface area (TPSA) is 91.7 Å². The minimum atomic E-state index is -4.70. The number of carbonyl (C=O) groups is 2. The number of carbonyl (C=O) groups excluding carboxylic acids is 2. The van der Waals surface area contributed by atoms with E-state index in [4.69, 9.17) is 4.74 Å². The van der Waals surface area contributed by atoms with Gasteiger partial charge in [0.15, 0.2) is 0 Å². The Morgan fingerprint density at radius 2 is 1.86 bits per heavy atom. The molecule has 1 N–H and O–H groups in total. The van der Waals surface area contributed by atoms with Crippen molar-refractivity contribution in [1.29, 1.82) is 0 Å². The van der Waals surface area contributed by atoms with Gasteiger partial charge in [-0.3, -0.25) is 9.53 Å². The van der Waals surface area contributed by atoms with Gasteiger partial charge >= 0.3 is 18.5 Å². The van der Waals surface area contributed by atoms with Crippen molar-refractivity contribution in [3.05, 3.63) is 48.4 Å². The lowest BCUT2D eigenvalue weighted by molar-refractivity contribution is -0.357. The summed E-state index contributed by atoms with van der Waals surface area (Å²) in [4.78, 5) is 28.1. The molecule has 202 valence electrons. The van der Waals surface area contributed by atoms with Crippen LogP contribution in [0.2, 0.25) is 0 Å². The fourth-order valence-corrected chi connectivity index (χ4v) is 3.52. The summed E-state index contributed by atoms with van der Waals surface area (Å²) < 4.78 is 90.7. The van der Waals surface area contributed by atoms with Crippen LogP contribution in [0.15, 0.2) is 37.3 Å². The van der Waals surface area contributed by atoms with Gasteiger partial charge in [0.2, 0.25) is 5.91 Å². The smallest absolute Gasteiger partial charge is 0.465 e. The van der Waals surface area contributed by atoms with Crippen molar-refractivity contribution < 1.29 is 50.1 Å². The van der Waals surface area contributed by atoms with E-state index in [0.29, 0.717) is 11.8 Å². The molecule has 0 spiro atoms. The lowest BCUT2D eigenvalue weighted by atomic mass is 9.92. The number of imidazole rings is 1. The molecule has 1 fully saturated rings. The first-order valence-electron chi connectivity index (χ1n) is 10.9. The number of alkyl halides is 6. The zero-order valence-electron chi connectivity index (χ0n) is 19.5. The third kappa shape index (κ3) is 7.79.